The van der Waals surface area contributed by atoms with E-state index < -0.39 is 11.9 Å². The number of thioether (sulfide) groups is 1. The molecule has 0 aromatic heterocycles. The van der Waals surface area contributed by atoms with Crippen LogP contribution >= 0.6 is 11.8 Å². The fraction of sp³-hybridized carbons (Fsp3) is 0.526. The smallest absolute Gasteiger partial charge is 0.311 e. The maximum atomic E-state index is 12.3. The summed E-state index contributed by atoms with van der Waals surface area (Å²) >= 11 is 1.63. The lowest BCUT2D eigenvalue weighted by Crippen LogP contribution is -2.46. The molecule has 0 saturated carbocycles. The average molecular weight is 392 g/mol. The zero-order valence-corrected chi connectivity index (χ0v) is 16.4. The minimum absolute atomic E-state index is 0.0168. The molecule has 2 amide bonds. The van der Waals surface area contributed by atoms with Crippen molar-refractivity contribution in [3.05, 3.63) is 24.3 Å². The van der Waals surface area contributed by atoms with Crippen molar-refractivity contribution >= 4 is 35.2 Å². The number of amides is 2. The molecule has 2 unspecified atom stereocenters. The topological polar surface area (TPSA) is 76.2 Å². The van der Waals surface area contributed by atoms with E-state index in [2.05, 4.69) is 0 Å². The van der Waals surface area contributed by atoms with Gasteiger partial charge in [0.25, 0.3) is 5.91 Å². The summed E-state index contributed by atoms with van der Waals surface area (Å²) < 4.78 is 10.6. The molecule has 3 rings (SSSR count). The number of carbonyl (C=O) groups is 3. The van der Waals surface area contributed by atoms with Gasteiger partial charge in [-0.05, 0) is 37.4 Å². The van der Waals surface area contributed by atoms with Crippen molar-refractivity contribution in [2.45, 2.75) is 24.3 Å². The van der Waals surface area contributed by atoms with Gasteiger partial charge in [-0.1, -0.05) is 0 Å². The summed E-state index contributed by atoms with van der Waals surface area (Å²) in [6.07, 6.45) is 2.07. The summed E-state index contributed by atoms with van der Waals surface area (Å²) in [7, 11) is 0. The molecule has 0 radical (unpaired) electrons. The molecular weight excluding hydrogens is 368 g/mol. The first-order valence-corrected chi connectivity index (χ1v) is 10.2. The van der Waals surface area contributed by atoms with Crippen LogP contribution in [0.25, 0.3) is 0 Å². The van der Waals surface area contributed by atoms with Crippen LogP contribution < -0.4 is 4.90 Å². The minimum atomic E-state index is -0.547. The number of nitrogens with zero attached hydrogens (tertiary/aromatic N) is 2. The van der Waals surface area contributed by atoms with Crippen LogP contribution in [0.4, 0.5) is 5.69 Å². The number of ether oxygens (including phenoxy) is 2. The second-order valence-electron chi connectivity index (χ2n) is 6.73. The average Bonchev–Trinajstić information content (AvgIpc) is 3.07. The van der Waals surface area contributed by atoms with Crippen molar-refractivity contribution in [2.75, 3.05) is 44.0 Å². The maximum absolute atomic E-state index is 12.3. The SMILES string of the molecule is CSc1ccc(N2CC(C(=O)OCC(=O)N3CCOC(C)C3)CC2=O)cc1. The standard InChI is InChI=1S/C19H24N2O5S/c1-13-10-20(7-8-25-13)18(23)12-26-19(24)14-9-17(22)21(11-14)15-3-5-16(27-2)6-4-15/h3-6,13-14H,7-12H2,1-2H3. The third-order valence-electron chi connectivity index (χ3n) is 4.77. The Bertz CT molecular complexity index is 709. The predicted octanol–water partition coefficient (Wildman–Crippen LogP) is 1.55. The Labute approximate surface area is 163 Å². The zero-order valence-electron chi connectivity index (χ0n) is 15.6. The Morgan fingerprint density at radius 1 is 1.26 bits per heavy atom. The highest BCUT2D eigenvalue weighted by molar-refractivity contribution is 7.98. The number of morpholine rings is 1. The van der Waals surface area contributed by atoms with Gasteiger partial charge in [-0.2, -0.15) is 0 Å². The summed E-state index contributed by atoms with van der Waals surface area (Å²) in [5.74, 6) is -1.38. The first kappa shape index (κ1) is 19.7. The Morgan fingerprint density at radius 3 is 2.67 bits per heavy atom. The van der Waals surface area contributed by atoms with E-state index in [-0.39, 0.29) is 37.5 Å². The van der Waals surface area contributed by atoms with Gasteiger partial charge in [-0.3, -0.25) is 14.4 Å². The Balaban J connectivity index is 1.51. The lowest BCUT2D eigenvalue weighted by Gasteiger charge is -2.31. The molecular formula is C19H24N2O5S. The van der Waals surface area contributed by atoms with Crippen molar-refractivity contribution < 1.29 is 23.9 Å². The highest BCUT2D eigenvalue weighted by atomic mass is 32.2. The van der Waals surface area contributed by atoms with Crippen molar-refractivity contribution in [3.63, 3.8) is 0 Å². The van der Waals surface area contributed by atoms with Crippen LogP contribution in [0.15, 0.2) is 29.2 Å². The van der Waals surface area contributed by atoms with Crippen LogP contribution in [0, 0.1) is 5.92 Å². The number of anilines is 1. The van der Waals surface area contributed by atoms with Crippen molar-refractivity contribution in [3.8, 4) is 0 Å². The Kier molecular flexibility index (Phi) is 6.38. The van der Waals surface area contributed by atoms with Crippen LogP contribution in [0.2, 0.25) is 0 Å². The molecule has 0 N–H and O–H groups in total. The number of hydrogen-bond donors (Lipinski definition) is 0. The molecule has 0 spiro atoms. The fourth-order valence-electron chi connectivity index (χ4n) is 3.26. The third-order valence-corrected chi connectivity index (χ3v) is 5.52. The highest BCUT2D eigenvalue weighted by Gasteiger charge is 2.36. The van der Waals surface area contributed by atoms with E-state index in [9.17, 15) is 14.4 Å². The zero-order chi connectivity index (χ0) is 19.4. The second-order valence-corrected chi connectivity index (χ2v) is 7.61. The molecule has 0 bridgehead atoms. The molecule has 2 fully saturated rings. The van der Waals surface area contributed by atoms with Crippen LogP contribution in [0.5, 0.6) is 0 Å². The predicted molar refractivity (Wildman–Crippen MR) is 102 cm³/mol. The molecule has 1 aromatic carbocycles. The largest absolute Gasteiger partial charge is 0.455 e. The third kappa shape index (κ3) is 4.81. The second kappa shape index (κ2) is 8.75. The summed E-state index contributed by atoms with van der Waals surface area (Å²) in [4.78, 5) is 41.1. The van der Waals surface area contributed by atoms with E-state index in [1.165, 1.54) is 0 Å². The number of rotatable bonds is 5. The number of esters is 1. The van der Waals surface area contributed by atoms with Crippen molar-refractivity contribution in [2.24, 2.45) is 5.92 Å². The molecule has 2 aliphatic heterocycles. The Morgan fingerprint density at radius 2 is 2.00 bits per heavy atom. The van der Waals surface area contributed by atoms with Gasteiger partial charge in [0.1, 0.15) is 0 Å². The molecule has 146 valence electrons. The molecule has 27 heavy (non-hydrogen) atoms. The van der Waals surface area contributed by atoms with Crippen LogP contribution in [-0.2, 0) is 23.9 Å². The highest BCUT2D eigenvalue weighted by Crippen LogP contribution is 2.27. The van der Waals surface area contributed by atoms with Crippen molar-refractivity contribution in [1.29, 1.82) is 0 Å². The molecule has 0 aliphatic carbocycles. The van der Waals surface area contributed by atoms with Gasteiger partial charge in [0.05, 0.1) is 18.6 Å². The van der Waals surface area contributed by atoms with Crippen LogP contribution in [-0.4, -0.2) is 67.9 Å². The van der Waals surface area contributed by atoms with E-state index in [0.717, 1.165) is 10.6 Å². The lowest BCUT2D eigenvalue weighted by atomic mass is 10.1. The molecule has 2 saturated heterocycles. The van der Waals surface area contributed by atoms with Gasteiger partial charge in [0, 0.05) is 36.6 Å². The normalized spacial score (nSPS) is 22.8. The van der Waals surface area contributed by atoms with Gasteiger partial charge in [-0.25, -0.2) is 0 Å². The van der Waals surface area contributed by atoms with Crippen LogP contribution in [0.3, 0.4) is 0 Å². The van der Waals surface area contributed by atoms with E-state index in [4.69, 9.17) is 9.47 Å². The number of carbonyl (C=O) groups excluding carboxylic acids is 3. The molecule has 2 aliphatic rings. The molecule has 2 heterocycles. The van der Waals surface area contributed by atoms with E-state index >= 15 is 0 Å². The van der Waals surface area contributed by atoms with E-state index in [1.54, 1.807) is 21.6 Å². The quantitative estimate of drug-likeness (QED) is 0.559. The molecule has 8 heteroatoms. The van der Waals surface area contributed by atoms with Crippen LogP contribution in [0.1, 0.15) is 13.3 Å². The summed E-state index contributed by atoms with van der Waals surface area (Å²) in [5.41, 5.74) is 0.770. The minimum Gasteiger partial charge on any atom is -0.455 e. The maximum Gasteiger partial charge on any atom is 0.311 e. The summed E-state index contributed by atoms with van der Waals surface area (Å²) in [6.45, 7) is 3.37. The van der Waals surface area contributed by atoms with Gasteiger partial charge >= 0.3 is 5.97 Å². The summed E-state index contributed by atoms with van der Waals surface area (Å²) in [6, 6.07) is 7.64. The molecule has 1 aromatic rings. The van der Waals surface area contributed by atoms with E-state index in [1.807, 2.05) is 37.4 Å². The first-order chi connectivity index (χ1) is 13.0. The molecule has 2 atom stereocenters. The lowest BCUT2D eigenvalue weighted by molar-refractivity contribution is -0.157. The van der Waals surface area contributed by atoms with Gasteiger partial charge < -0.3 is 19.3 Å². The monoisotopic (exact) mass is 392 g/mol. The number of benzene rings is 1. The van der Waals surface area contributed by atoms with E-state index in [0.29, 0.717) is 19.7 Å². The van der Waals surface area contributed by atoms with Gasteiger partial charge in [0.2, 0.25) is 5.91 Å². The van der Waals surface area contributed by atoms with Gasteiger partial charge in [-0.15, -0.1) is 11.8 Å². The fourth-order valence-corrected chi connectivity index (χ4v) is 3.67. The van der Waals surface area contributed by atoms with Crippen molar-refractivity contribution in [1.82, 2.24) is 4.90 Å². The molecule has 7 nitrogen and oxygen atoms in total. The van der Waals surface area contributed by atoms with Gasteiger partial charge in [0.15, 0.2) is 6.61 Å². The first-order valence-electron chi connectivity index (χ1n) is 8.98. The number of hydrogen-bond acceptors (Lipinski definition) is 6. The summed E-state index contributed by atoms with van der Waals surface area (Å²) in [5, 5.41) is 0. The Hall–Kier alpha value is -2.06.